The first kappa shape index (κ1) is 21.1. The van der Waals surface area contributed by atoms with Crippen LogP contribution in [-0.2, 0) is 14.8 Å². The first-order chi connectivity index (χ1) is 12.7. The van der Waals surface area contributed by atoms with Crippen LogP contribution in [0, 0.1) is 6.92 Å². The maximum atomic E-state index is 12.9. The molecule has 146 valence electrons. The van der Waals surface area contributed by atoms with E-state index in [1.807, 2.05) is 6.92 Å². The summed E-state index contributed by atoms with van der Waals surface area (Å²) in [4.78, 5) is 12.9. The number of nitrogens with zero attached hydrogens (tertiary/aromatic N) is 1. The minimum Gasteiger partial charge on any atom is -0.497 e. The van der Waals surface area contributed by atoms with Crippen LogP contribution in [0.5, 0.6) is 5.75 Å². The second-order valence-corrected chi connectivity index (χ2v) is 8.40. The van der Waals surface area contributed by atoms with E-state index < -0.39 is 22.0 Å². The molecule has 27 heavy (non-hydrogen) atoms. The first-order valence-electron chi connectivity index (χ1n) is 8.37. The van der Waals surface area contributed by atoms with Gasteiger partial charge in [-0.2, -0.15) is 0 Å². The van der Waals surface area contributed by atoms with E-state index in [1.165, 1.54) is 7.11 Å². The molecule has 0 saturated carbocycles. The van der Waals surface area contributed by atoms with Crippen LogP contribution >= 0.6 is 11.6 Å². The fourth-order valence-electron chi connectivity index (χ4n) is 2.71. The summed E-state index contributed by atoms with van der Waals surface area (Å²) in [5.74, 6) is 0.152. The highest BCUT2D eigenvalue weighted by Crippen LogP contribution is 2.28. The summed E-state index contributed by atoms with van der Waals surface area (Å²) in [5, 5.41) is 3.19. The van der Waals surface area contributed by atoms with Crippen molar-refractivity contribution in [3.05, 3.63) is 53.1 Å². The predicted octanol–water partition coefficient (Wildman–Crippen LogP) is 3.84. The van der Waals surface area contributed by atoms with Gasteiger partial charge in [-0.1, -0.05) is 30.7 Å². The van der Waals surface area contributed by atoms with Gasteiger partial charge in [-0.25, -0.2) is 8.42 Å². The minimum atomic E-state index is -3.72. The Labute approximate surface area is 165 Å². The van der Waals surface area contributed by atoms with E-state index in [0.29, 0.717) is 22.1 Å². The lowest BCUT2D eigenvalue weighted by Gasteiger charge is -2.30. The number of ether oxygens (including phenoxy) is 1. The number of anilines is 2. The highest BCUT2D eigenvalue weighted by atomic mass is 35.5. The molecule has 2 aromatic carbocycles. The van der Waals surface area contributed by atoms with Crippen molar-refractivity contribution in [2.75, 3.05) is 23.0 Å². The summed E-state index contributed by atoms with van der Waals surface area (Å²) in [6.07, 6.45) is 1.36. The van der Waals surface area contributed by atoms with Crippen LogP contribution in [0.3, 0.4) is 0 Å². The Morgan fingerprint density at radius 2 is 1.96 bits per heavy atom. The van der Waals surface area contributed by atoms with Gasteiger partial charge >= 0.3 is 0 Å². The molecule has 0 aliphatic carbocycles. The van der Waals surface area contributed by atoms with Crippen molar-refractivity contribution in [3.63, 3.8) is 0 Å². The van der Waals surface area contributed by atoms with E-state index >= 15 is 0 Å². The van der Waals surface area contributed by atoms with Gasteiger partial charge in [-0.05, 0) is 43.2 Å². The van der Waals surface area contributed by atoms with Crippen molar-refractivity contribution in [2.45, 2.75) is 26.3 Å². The number of benzene rings is 2. The molecule has 0 bridgehead atoms. The maximum absolute atomic E-state index is 12.9. The molecule has 0 unspecified atom stereocenters. The lowest BCUT2D eigenvalue weighted by Crippen LogP contribution is -2.47. The molecule has 0 spiro atoms. The van der Waals surface area contributed by atoms with E-state index in [1.54, 1.807) is 49.4 Å². The number of sulfonamides is 1. The summed E-state index contributed by atoms with van der Waals surface area (Å²) in [6.45, 7) is 3.58. The van der Waals surface area contributed by atoms with Crippen molar-refractivity contribution < 1.29 is 17.9 Å². The molecule has 1 atom stereocenters. The van der Waals surface area contributed by atoms with Crippen molar-refractivity contribution in [3.8, 4) is 5.75 Å². The fourth-order valence-corrected chi connectivity index (χ4v) is 4.08. The Bertz CT molecular complexity index is 931. The molecule has 0 fully saturated rings. The third-order valence-electron chi connectivity index (χ3n) is 4.08. The summed E-state index contributed by atoms with van der Waals surface area (Å²) in [5.41, 5.74) is 1.69. The van der Waals surface area contributed by atoms with Crippen LogP contribution in [0.25, 0.3) is 0 Å². The fraction of sp³-hybridized carbons (Fsp3) is 0.316. The van der Waals surface area contributed by atoms with Gasteiger partial charge in [-0.15, -0.1) is 0 Å². The zero-order valence-electron chi connectivity index (χ0n) is 15.7. The molecule has 2 aromatic rings. The Morgan fingerprint density at radius 1 is 1.26 bits per heavy atom. The maximum Gasteiger partial charge on any atom is 0.248 e. The molecular weight excluding hydrogens is 388 g/mol. The molecule has 0 aliphatic heterocycles. The number of hydrogen-bond acceptors (Lipinski definition) is 4. The summed E-state index contributed by atoms with van der Waals surface area (Å²) in [7, 11) is -2.19. The summed E-state index contributed by atoms with van der Waals surface area (Å²) >= 11 is 6.16. The second kappa shape index (κ2) is 8.63. The van der Waals surface area contributed by atoms with Crippen molar-refractivity contribution in [1.82, 2.24) is 0 Å². The SMILES string of the molecule is CC[C@H](C(=O)Nc1cccc(OC)c1)N(c1ccc(C)c(Cl)c1)S(C)(=O)=O. The van der Waals surface area contributed by atoms with Gasteiger partial charge in [0.1, 0.15) is 11.8 Å². The van der Waals surface area contributed by atoms with Crippen LogP contribution < -0.4 is 14.4 Å². The molecule has 6 nitrogen and oxygen atoms in total. The monoisotopic (exact) mass is 410 g/mol. The van der Waals surface area contributed by atoms with Crippen LogP contribution in [-0.4, -0.2) is 33.7 Å². The summed E-state index contributed by atoms with van der Waals surface area (Å²) in [6, 6.07) is 10.9. The van der Waals surface area contributed by atoms with E-state index in [-0.39, 0.29) is 6.42 Å². The Hall–Kier alpha value is -2.25. The van der Waals surface area contributed by atoms with Crippen LogP contribution in [0.2, 0.25) is 5.02 Å². The van der Waals surface area contributed by atoms with Gasteiger partial charge in [0.15, 0.2) is 0 Å². The first-order valence-corrected chi connectivity index (χ1v) is 10.6. The Kier molecular flexibility index (Phi) is 6.73. The van der Waals surface area contributed by atoms with E-state index in [0.717, 1.165) is 16.1 Å². The van der Waals surface area contributed by atoms with E-state index in [4.69, 9.17) is 16.3 Å². The summed E-state index contributed by atoms with van der Waals surface area (Å²) < 4.78 is 31.2. The van der Waals surface area contributed by atoms with E-state index in [2.05, 4.69) is 5.32 Å². The molecule has 0 radical (unpaired) electrons. The number of carbonyl (C=O) groups excluding carboxylic acids is 1. The quantitative estimate of drug-likeness (QED) is 0.752. The highest BCUT2D eigenvalue weighted by molar-refractivity contribution is 7.92. The number of methoxy groups -OCH3 is 1. The van der Waals surface area contributed by atoms with Gasteiger partial charge in [0.05, 0.1) is 19.1 Å². The molecule has 0 saturated heterocycles. The van der Waals surface area contributed by atoms with E-state index in [9.17, 15) is 13.2 Å². The lowest BCUT2D eigenvalue weighted by molar-refractivity contribution is -0.117. The molecule has 1 amide bonds. The molecule has 1 N–H and O–H groups in total. The van der Waals surface area contributed by atoms with Gasteiger partial charge in [0, 0.05) is 16.8 Å². The normalized spacial score (nSPS) is 12.3. The minimum absolute atomic E-state index is 0.286. The largest absolute Gasteiger partial charge is 0.497 e. The smallest absolute Gasteiger partial charge is 0.248 e. The number of nitrogens with one attached hydrogen (secondary N) is 1. The predicted molar refractivity (Wildman–Crippen MR) is 109 cm³/mol. The van der Waals surface area contributed by atoms with Gasteiger partial charge in [-0.3, -0.25) is 9.10 Å². The Morgan fingerprint density at radius 3 is 2.52 bits per heavy atom. The van der Waals surface area contributed by atoms with Crippen LogP contribution in [0.4, 0.5) is 11.4 Å². The average molecular weight is 411 g/mol. The van der Waals surface area contributed by atoms with Crippen molar-refractivity contribution >= 4 is 38.9 Å². The second-order valence-electron chi connectivity index (χ2n) is 6.14. The Balaban J connectivity index is 2.39. The average Bonchev–Trinajstić information content (AvgIpc) is 2.61. The third-order valence-corrected chi connectivity index (χ3v) is 5.66. The number of amides is 1. The van der Waals surface area contributed by atoms with Gasteiger partial charge in [0.2, 0.25) is 15.9 Å². The zero-order chi connectivity index (χ0) is 20.2. The molecule has 0 aromatic heterocycles. The molecule has 2 rings (SSSR count). The highest BCUT2D eigenvalue weighted by Gasteiger charge is 2.31. The number of hydrogen-bond donors (Lipinski definition) is 1. The molecular formula is C19H23ClN2O4S. The van der Waals surface area contributed by atoms with Crippen molar-refractivity contribution in [2.24, 2.45) is 0 Å². The van der Waals surface area contributed by atoms with Crippen molar-refractivity contribution in [1.29, 1.82) is 0 Å². The number of aryl methyl sites for hydroxylation is 1. The van der Waals surface area contributed by atoms with Gasteiger partial charge in [0.25, 0.3) is 0 Å². The molecule has 0 aliphatic rings. The van der Waals surface area contributed by atoms with Crippen LogP contribution in [0.1, 0.15) is 18.9 Å². The topological polar surface area (TPSA) is 75.7 Å². The molecule has 0 heterocycles. The standard InChI is InChI=1S/C19H23ClN2O4S/c1-5-18(19(23)21-14-7-6-8-16(11-14)26-3)22(27(4,24)25)15-10-9-13(2)17(20)12-15/h6-12,18H,5H2,1-4H3,(H,21,23)/t18-/m1/s1. The van der Waals surface area contributed by atoms with Crippen LogP contribution in [0.15, 0.2) is 42.5 Å². The number of halogens is 1. The zero-order valence-corrected chi connectivity index (χ0v) is 17.3. The lowest BCUT2D eigenvalue weighted by atomic mass is 10.1. The molecule has 8 heteroatoms. The number of carbonyl (C=O) groups is 1. The van der Waals surface area contributed by atoms with Gasteiger partial charge < -0.3 is 10.1 Å². The number of rotatable bonds is 7. The third kappa shape index (κ3) is 5.14.